The standard InChI is InChI=1S/C18H14ClN5O/c1-25-17-9-7-13(10-20-17)21-18-22-16-8-6-12(11-24(16)23-18)14-4-2-3-5-15(14)19/h2-11H,1H3,(H,21,23). The smallest absolute Gasteiger partial charge is 0.247 e. The van der Waals surface area contributed by atoms with Gasteiger partial charge in [-0.1, -0.05) is 29.8 Å². The molecule has 1 N–H and O–H groups in total. The van der Waals surface area contributed by atoms with E-state index in [0.717, 1.165) is 22.5 Å². The minimum absolute atomic E-state index is 0.489. The number of ether oxygens (including phenoxy) is 1. The molecule has 3 aromatic heterocycles. The summed E-state index contributed by atoms with van der Waals surface area (Å²) >= 11 is 6.27. The average Bonchev–Trinajstić information content (AvgIpc) is 3.04. The van der Waals surface area contributed by atoms with E-state index in [1.165, 1.54) is 0 Å². The van der Waals surface area contributed by atoms with Crippen molar-refractivity contribution in [3.05, 3.63) is 65.9 Å². The van der Waals surface area contributed by atoms with Crippen LogP contribution in [0.25, 0.3) is 16.8 Å². The molecule has 1 aromatic carbocycles. The molecule has 4 rings (SSSR count). The second-order valence-electron chi connectivity index (χ2n) is 5.35. The van der Waals surface area contributed by atoms with Gasteiger partial charge in [0, 0.05) is 28.4 Å². The number of nitrogens with one attached hydrogen (secondary N) is 1. The molecule has 0 atom stereocenters. The lowest BCUT2D eigenvalue weighted by Crippen LogP contribution is -1.95. The van der Waals surface area contributed by atoms with Crippen molar-refractivity contribution >= 4 is 28.9 Å². The lowest BCUT2D eigenvalue weighted by atomic mass is 10.1. The van der Waals surface area contributed by atoms with E-state index in [1.54, 1.807) is 23.9 Å². The van der Waals surface area contributed by atoms with Crippen molar-refractivity contribution in [3.8, 4) is 17.0 Å². The first kappa shape index (κ1) is 15.4. The maximum atomic E-state index is 6.27. The third-order valence-corrected chi connectivity index (χ3v) is 4.05. The second kappa shape index (κ2) is 6.41. The van der Waals surface area contributed by atoms with Crippen LogP contribution in [-0.4, -0.2) is 26.7 Å². The van der Waals surface area contributed by atoms with Crippen molar-refractivity contribution in [2.24, 2.45) is 0 Å². The lowest BCUT2D eigenvalue weighted by molar-refractivity contribution is 0.398. The fourth-order valence-corrected chi connectivity index (χ4v) is 2.74. The molecule has 0 unspecified atom stereocenters. The zero-order valence-corrected chi connectivity index (χ0v) is 14.1. The van der Waals surface area contributed by atoms with E-state index in [2.05, 4.69) is 20.4 Å². The normalized spacial score (nSPS) is 10.8. The summed E-state index contributed by atoms with van der Waals surface area (Å²) in [5.41, 5.74) is 3.44. The summed E-state index contributed by atoms with van der Waals surface area (Å²) in [7, 11) is 1.58. The van der Waals surface area contributed by atoms with Gasteiger partial charge >= 0.3 is 0 Å². The molecule has 0 aliphatic rings. The van der Waals surface area contributed by atoms with Crippen LogP contribution in [-0.2, 0) is 0 Å². The Labute approximate surface area is 149 Å². The third kappa shape index (κ3) is 3.12. The van der Waals surface area contributed by atoms with Crippen molar-refractivity contribution in [2.45, 2.75) is 0 Å². The number of methoxy groups -OCH3 is 1. The number of pyridine rings is 2. The summed E-state index contributed by atoms with van der Waals surface area (Å²) in [6.45, 7) is 0. The minimum Gasteiger partial charge on any atom is -0.481 e. The van der Waals surface area contributed by atoms with Gasteiger partial charge in [0.1, 0.15) is 0 Å². The van der Waals surface area contributed by atoms with Gasteiger partial charge in [-0.05, 0) is 24.3 Å². The van der Waals surface area contributed by atoms with Crippen LogP contribution in [0.15, 0.2) is 60.9 Å². The molecule has 124 valence electrons. The zero-order chi connectivity index (χ0) is 17.2. The molecule has 0 amide bonds. The van der Waals surface area contributed by atoms with Crippen molar-refractivity contribution in [3.63, 3.8) is 0 Å². The third-order valence-electron chi connectivity index (χ3n) is 3.72. The van der Waals surface area contributed by atoms with Crippen LogP contribution in [0.2, 0.25) is 5.02 Å². The van der Waals surface area contributed by atoms with E-state index in [1.807, 2.05) is 48.7 Å². The van der Waals surface area contributed by atoms with Crippen LogP contribution in [0.1, 0.15) is 0 Å². The van der Waals surface area contributed by atoms with Gasteiger partial charge in [-0.2, -0.15) is 4.98 Å². The van der Waals surface area contributed by atoms with E-state index < -0.39 is 0 Å². The van der Waals surface area contributed by atoms with Crippen molar-refractivity contribution < 1.29 is 4.74 Å². The van der Waals surface area contributed by atoms with E-state index in [4.69, 9.17) is 16.3 Å². The Bertz CT molecular complexity index is 1030. The van der Waals surface area contributed by atoms with Crippen LogP contribution in [0.3, 0.4) is 0 Å². The van der Waals surface area contributed by atoms with Crippen molar-refractivity contribution in [1.29, 1.82) is 0 Å². The topological polar surface area (TPSA) is 64.3 Å². The molecule has 0 bridgehead atoms. The van der Waals surface area contributed by atoms with E-state index >= 15 is 0 Å². The summed E-state index contributed by atoms with van der Waals surface area (Å²) in [4.78, 5) is 8.61. The molecule has 6 nitrogen and oxygen atoms in total. The Balaban J connectivity index is 1.65. The Morgan fingerprint density at radius 1 is 1.08 bits per heavy atom. The first-order chi connectivity index (χ1) is 12.2. The molecular formula is C18H14ClN5O. The number of halogens is 1. The molecule has 0 spiro atoms. The Morgan fingerprint density at radius 3 is 2.72 bits per heavy atom. The maximum absolute atomic E-state index is 6.27. The van der Waals surface area contributed by atoms with Gasteiger partial charge in [0.2, 0.25) is 11.8 Å². The quantitative estimate of drug-likeness (QED) is 0.597. The monoisotopic (exact) mass is 351 g/mol. The zero-order valence-electron chi connectivity index (χ0n) is 13.3. The molecule has 25 heavy (non-hydrogen) atoms. The van der Waals surface area contributed by atoms with Gasteiger partial charge in [-0.3, -0.25) is 0 Å². The Morgan fingerprint density at radius 2 is 1.96 bits per heavy atom. The van der Waals surface area contributed by atoms with Gasteiger partial charge in [0.15, 0.2) is 5.65 Å². The predicted octanol–water partition coefficient (Wildman–Crippen LogP) is 4.20. The minimum atomic E-state index is 0.489. The van der Waals surface area contributed by atoms with E-state index in [-0.39, 0.29) is 0 Å². The molecule has 0 aliphatic heterocycles. The summed E-state index contributed by atoms with van der Waals surface area (Å²) in [5, 5.41) is 8.29. The molecule has 0 saturated heterocycles. The van der Waals surface area contributed by atoms with Gasteiger partial charge < -0.3 is 10.1 Å². The van der Waals surface area contributed by atoms with Crippen molar-refractivity contribution in [2.75, 3.05) is 12.4 Å². The number of hydrogen-bond donors (Lipinski definition) is 1. The fourth-order valence-electron chi connectivity index (χ4n) is 2.49. The van der Waals surface area contributed by atoms with Crippen molar-refractivity contribution in [1.82, 2.24) is 19.6 Å². The molecule has 0 aliphatic carbocycles. The first-order valence-electron chi connectivity index (χ1n) is 7.61. The summed E-state index contributed by atoms with van der Waals surface area (Å²) in [5.74, 6) is 1.04. The number of fused-ring (bicyclic) bond motifs is 1. The summed E-state index contributed by atoms with van der Waals surface area (Å²) in [6, 6.07) is 15.2. The van der Waals surface area contributed by atoms with Gasteiger partial charge in [-0.25, -0.2) is 9.50 Å². The molecule has 0 radical (unpaired) electrons. The van der Waals surface area contributed by atoms with Crippen LogP contribution in [0.5, 0.6) is 5.88 Å². The molecule has 3 heterocycles. The SMILES string of the molecule is COc1ccc(Nc2nc3ccc(-c4ccccc4Cl)cn3n2)cn1. The highest BCUT2D eigenvalue weighted by molar-refractivity contribution is 6.33. The number of anilines is 2. The molecule has 0 saturated carbocycles. The molecular weight excluding hydrogens is 338 g/mol. The van der Waals surface area contributed by atoms with Gasteiger partial charge in [-0.15, -0.1) is 5.10 Å². The highest BCUT2D eigenvalue weighted by atomic mass is 35.5. The number of hydrogen-bond acceptors (Lipinski definition) is 5. The Hall–Kier alpha value is -3.12. The van der Waals surface area contributed by atoms with Crippen LogP contribution < -0.4 is 10.1 Å². The van der Waals surface area contributed by atoms with Crippen LogP contribution >= 0.6 is 11.6 Å². The second-order valence-corrected chi connectivity index (χ2v) is 5.76. The molecule has 7 heteroatoms. The van der Waals surface area contributed by atoms with Gasteiger partial charge in [0.25, 0.3) is 0 Å². The van der Waals surface area contributed by atoms with Crippen LogP contribution in [0.4, 0.5) is 11.6 Å². The number of rotatable bonds is 4. The lowest BCUT2D eigenvalue weighted by Gasteiger charge is -2.04. The predicted molar refractivity (Wildman–Crippen MR) is 97.5 cm³/mol. The summed E-state index contributed by atoms with van der Waals surface area (Å²) < 4.78 is 6.77. The average molecular weight is 352 g/mol. The summed E-state index contributed by atoms with van der Waals surface area (Å²) in [6.07, 6.45) is 3.57. The largest absolute Gasteiger partial charge is 0.481 e. The van der Waals surface area contributed by atoms with Gasteiger partial charge in [0.05, 0.1) is 19.0 Å². The molecule has 0 fully saturated rings. The number of aromatic nitrogens is 4. The Kier molecular flexibility index (Phi) is 3.95. The highest BCUT2D eigenvalue weighted by Crippen LogP contribution is 2.27. The molecule has 4 aromatic rings. The fraction of sp³-hybridized carbons (Fsp3) is 0.0556. The number of nitrogens with zero attached hydrogens (tertiary/aromatic N) is 4. The number of benzene rings is 1. The first-order valence-corrected chi connectivity index (χ1v) is 7.99. The maximum Gasteiger partial charge on any atom is 0.247 e. The van der Waals surface area contributed by atoms with E-state index in [0.29, 0.717) is 16.9 Å². The van der Waals surface area contributed by atoms with E-state index in [9.17, 15) is 0 Å². The highest BCUT2D eigenvalue weighted by Gasteiger charge is 2.08. The van der Waals surface area contributed by atoms with Crippen LogP contribution in [0, 0.1) is 0 Å².